The van der Waals surface area contributed by atoms with Gasteiger partial charge in [0.1, 0.15) is 11.5 Å². The van der Waals surface area contributed by atoms with Gasteiger partial charge in [0.05, 0.1) is 0 Å². The second-order valence-electron chi connectivity index (χ2n) is 11.4. The van der Waals surface area contributed by atoms with Crippen LogP contribution in [0.25, 0.3) is 0 Å². The summed E-state index contributed by atoms with van der Waals surface area (Å²) in [5.74, 6) is 0.781. The van der Waals surface area contributed by atoms with Gasteiger partial charge in [0.25, 0.3) is 0 Å². The van der Waals surface area contributed by atoms with Crippen molar-refractivity contribution < 1.29 is 14.6 Å². The van der Waals surface area contributed by atoms with E-state index in [1.165, 1.54) is 57.8 Å². The van der Waals surface area contributed by atoms with Crippen LogP contribution in [0.1, 0.15) is 143 Å². The van der Waals surface area contributed by atoms with Gasteiger partial charge in [-0.05, 0) is 29.7 Å². The van der Waals surface area contributed by atoms with E-state index in [2.05, 4.69) is 48.5 Å². The molecule has 1 rings (SSSR count). The Morgan fingerprint density at radius 3 is 1.75 bits per heavy atom. The van der Waals surface area contributed by atoms with E-state index in [1.807, 2.05) is 13.0 Å². The Bertz CT molecular complexity index is 705. The average Bonchev–Trinajstić information content (AvgIpc) is 2.68. The predicted molar refractivity (Wildman–Crippen MR) is 137 cm³/mol. The van der Waals surface area contributed by atoms with E-state index in [1.54, 1.807) is 0 Å². The monoisotopic (exact) mass is 446 g/mol. The Kier molecular flexibility index (Phi) is 11.8. The maximum atomic E-state index is 12.2. The van der Waals surface area contributed by atoms with Crippen molar-refractivity contribution in [3.8, 4) is 11.5 Å². The Morgan fingerprint density at radius 1 is 0.812 bits per heavy atom. The predicted octanol–water partition coefficient (Wildman–Crippen LogP) is 8.77. The van der Waals surface area contributed by atoms with Crippen LogP contribution in [0.2, 0.25) is 0 Å². The third-order valence-corrected chi connectivity index (χ3v) is 6.22. The van der Waals surface area contributed by atoms with Crippen molar-refractivity contribution in [2.24, 2.45) is 0 Å². The summed E-state index contributed by atoms with van der Waals surface area (Å²) < 4.78 is 5.81. The maximum absolute atomic E-state index is 12.2. The third-order valence-electron chi connectivity index (χ3n) is 6.22. The quantitative estimate of drug-likeness (QED) is 0.187. The van der Waals surface area contributed by atoms with Gasteiger partial charge in [0.15, 0.2) is 0 Å². The summed E-state index contributed by atoms with van der Waals surface area (Å²) >= 11 is 0. The van der Waals surface area contributed by atoms with Crippen LogP contribution in [0.4, 0.5) is 0 Å². The van der Waals surface area contributed by atoms with Crippen molar-refractivity contribution >= 4 is 5.97 Å². The van der Waals surface area contributed by atoms with Crippen LogP contribution in [-0.4, -0.2) is 11.1 Å². The molecule has 184 valence electrons. The first-order chi connectivity index (χ1) is 14.9. The number of rotatable bonds is 13. The van der Waals surface area contributed by atoms with E-state index in [9.17, 15) is 9.90 Å². The van der Waals surface area contributed by atoms with Crippen LogP contribution in [0.15, 0.2) is 6.07 Å². The van der Waals surface area contributed by atoms with Gasteiger partial charge in [0.2, 0.25) is 0 Å². The molecule has 0 saturated heterocycles. The number of hydrogen-bond acceptors (Lipinski definition) is 3. The number of ether oxygens (including phenoxy) is 1. The zero-order chi connectivity index (χ0) is 24.4. The highest BCUT2D eigenvalue weighted by atomic mass is 16.5. The first-order valence-electron chi connectivity index (χ1n) is 13.0. The lowest BCUT2D eigenvalue weighted by Crippen LogP contribution is -2.21. The van der Waals surface area contributed by atoms with Gasteiger partial charge in [-0.25, -0.2) is 0 Å². The van der Waals surface area contributed by atoms with E-state index in [4.69, 9.17) is 4.74 Å². The molecule has 1 aromatic rings. The molecule has 0 saturated carbocycles. The first-order valence-corrected chi connectivity index (χ1v) is 13.0. The SMILES string of the molecule is CCCCCCCCCCCCc1c(OC(=O)CC)cc(C(C)(C)C)c(O)c1C(C)(C)C. The van der Waals surface area contributed by atoms with Gasteiger partial charge >= 0.3 is 5.97 Å². The fraction of sp³-hybridized carbons (Fsp3) is 0.759. The zero-order valence-corrected chi connectivity index (χ0v) is 22.3. The average molecular weight is 447 g/mol. The lowest BCUT2D eigenvalue weighted by atomic mass is 9.76. The number of carbonyl (C=O) groups excluding carboxylic acids is 1. The lowest BCUT2D eigenvalue weighted by Gasteiger charge is -2.31. The van der Waals surface area contributed by atoms with Crippen LogP contribution < -0.4 is 4.74 Å². The van der Waals surface area contributed by atoms with Crippen molar-refractivity contribution in [2.75, 3.05) is 0 Å². The lowest BCUT2D eigenvalue weighted by molar-refractivity contribution is -0.134. The molecule has 0 fully saturated rings. The van der Waals surface area contributed by atoms with Gasteiger partial charge in [-0.15, -0.1) is 0 Å². The van der Waals surface area contributed by atoms with E-state index in [-0.39, 0.29) is 16.8 Å². The highest BCUT2D eigenvalue weighted by Gasteiger charge is 2.31. The number of aromatic hydroxyl groups is 1. The van der Waals surface area contributed by atoms with Crippen LogP contribution in [0, 0.1) is 0 Å². The second-order valence-corrected chi connectivity index (χ2v) is 11.4. The molecule has 0 aliphatic rings. The first kappa shape index (κ1) is 28.5. The Balaban J connectivity index is 2.97. The van der Waals surface area contributed by atoms with Gasteiger partial charge in [-0.2, -0.15) is 0 Å². The molecule has 32 heavy (non-hydrogen) atoms. The van der Waals surface area contributed by atoms with E-state index < -0.39 is 0 Å². The largest absolute Gasteiger partial charge is 0.507 e. The van der Waals surface area contributed by atoms with Gasteiger partial charge < -0.3 is 9.84 Å². The fourth-order valence-electron chi connectivity index (χ4n) is 4.39. The Hall–Kier alpha value is -1.51. The van der Waals surface area contributed by atoms with Crippen molar-refractivity contribution in [2.45, 2.75) is 143 Å². The summed E-state index contributed by atoms with van der Waals surface area (Å²) in [4.78, 5) is 12.2. The van der Waals surface area contributed by atoms with E-state index in [0.29, 0.717) is 17.9 Å². The molecule has 1 N–H and O–H groups in total. The summed E-state index contributed by atoms with van der Waals surface area (Å²) in [6.07, 6.45) is 14.0. The molecule has 0 unspecified atom stereocenters. The number of unbranched alkanes of at least 4 members (excludes halogenated alkanes) is 9. The molecule has 0 aliphatic heterocycles. The molecule has 0 bridgehead atoms. The van der Waals surface area contributed by atoms with E-state index >= 15 is 0 Å². The molecule has 1 aromatic carbocycles. The number of benzene rings is 1. The maximum Gasteiger partial charge on any atom is 0.310 e. The van der Waals surface area contributed by atoms with Gasteiger partial charge in [-0.1, -0.05) is 113 Å². The standard InChI is InChI=1S/C29H50O3/c1-9-11-12-13-14-15-16-17-18-19-20-22-24(32-25(30)10-2)21-23(28(3,4)5)27(31)26(22)29(6,7)8/h21,31H,9-20H2,1-8H3. The Morgan fingerprint density at radius 2 is 1.31 bits per heavy atom. The number of esters is 1. The van der Waals surface area contributed by atoms with Crippen LogP contribution in [-0.2, 0) is 22.0 Å². The molecule has 3 nitrogen and oxygen atoms in total. The van der Waals surface area contributed by atoms with Crippen LogP contribution in [0.5, 0.6) is 11.5 Å². The van der Waals surface area contributed by atoms with E-state index in [0.717, 1.165) is 29.5 Å². The minimum Gasteiger partial charge on any atom is -0.507 e. The van der Waals surface area contributed by atoms with Crippen molar-refractivity contribution in [1.82, 2.24) is 0 Å². The normalized spacial score (nSPS) is 12.2. The summed E-state index contributed by atoms with van der Waals surface area (Å²) in [6, 6.07) is 1.91. The van der Waals surface area contributed by atoms with Crippen LogP contribution >= 0.6 is 0 Å². The second kappa shape index (κ2) is 13.3. The minimum absolute atomic E-state index is 0.222. The minimum atomic E-state index is -0.244. The molecule has 3 heteroatoms. The van der Waals surface area contributed by atoms with Crippen molar-refractivity contribution in [1.29, 1.82) is 0 Å². The number of phenols is 1. The molecule has 0 spiro atoms. The molecule has 0 atom stereocenters. The summed E-state index contributed by atoms with van der Waals surface area (Å²) in [5.41, 5.74) is 2.29. The molecule has 0 aliphatic carbocycles. The highest BCUT2D eigenvalue weighted by Crippen LogP contribution is 2.45. The molecule has 0 amide bonds. The zero-order valence-electron chi connectivity index (χ0n) is 22.3. The molecule has 0 aromatic heterocycles. The molecule has 0 radical (unpaired) electrons. The number of hydrogen-bond donors (Lipinski definition) is 1. The fourth-order valence-corrected chi connectivity index (χ4v) is 4.39. The summed E-state index contributed by atoms with van der Waals surface area (Å²) in [7, 11) is 0. The number of phenolic OH excluding ortho intramolecular Hbond substituents is 1. The molecular formula is C29H50O3. The van der Waals surface area contributed by atoms with Crippen LogP contribution in [0.3, 0.4) is 0 Å². The van der Waals surface area contributed by atoms with Crippen molar-refractivity contribution in [3.05, 3.63) is 22.8 Å². The third kappa shape index (κ3) is 9.16. The highest BCUT2D eigenvalue weighted by molar-refractivity contribution is 5.73. The summed E-state index contributed by atoms with van der Waals surface area (Å²) in [5, 5.41) is 11.3. The van der Waals surface area contributed by atoms with Crippen molar-refractivity contribution in [3.63, 3.8) is 0 Å². The van der Waals surface area contributed by atoms with Gasteiger partial charge in [-0.3, -0.25) is 4.79 Å². The smallest absolute Gasteiger partial charge is 0.310 e. The molecular weight excluding hydrogens is 396 g/mol. The topological polar surface area (TPSA) is 46.5 Å². The number of carbonyl (C=O) groups is 1. The van der Waals surface area contributed by atoms with Gasteiger partial charge in [0, 0.05) is 23.1 Å². The Labute approximate surface area is 198 Å². The summed E-state index contributed by atoms with van der Waals surface area (Å²) in [6.45, 7) is 16.7. The molecule has 0 heterocycles.